The van der Waals surface area contributed by atoms with Crippen LogP contribution in [-0.2, 0) is 32.6 Å². The van der Waals surface area contributed by atoms with E-state index in [0.717, 1.165) is 53.2 Å². The van der Waals surface area contributed by atoms with Gasteiger partial charge in [0.05, 0.1) is 12.0 Å². The number of methoxy groups -OCH3 is 1. The van der Waals surface area contributed by atoms with E-state index in [1.54, 1.807) is 36.3 Å². The smallest absolute Gasteiger partial charge is 0.490 e. The summed E-state index contributed by atoms with van der Waals surface area (Å²) in [5.41, 5.74) is 5.14. The zero-order valence-electron chi connectivity index (χ0n) is 30.2. The molecule has 1 heterocycles. The highest BCUT2D eigenvalue weighted by Gasteiger charge is 2.38. The molecule has 0 spiro atoms. The molecule has 0 radical (unpaired) electrons. The second-order valence-electron chi connectivity index (χ2n) is 12.7. The number of carbonyl (C=O) groups excluding carboxylic acids is 2. The molecule has 0 aliphatic carbocycles. The van der Waals surface area contributed by atoms with Gasteiger partial charge in [0.15, 0.2) is 0 Å². The van der Waals surface area contributed by atoms with Crippen molar-refractivity contribution < 1.29 is 45.8 Å². The fourth-order valence-corrected chi connectivity index (χ4v) is 6.23. The van der Waals surface area contributed by atoms with Crippen LogP contribution in [0, 0.1) is 0 Å². The minimum absolute atomic E-state index is 0.0436. The number of carboxylic acid groups (broad SMARTS) is 1. The van der Waals surface area contributed by atoms with Gasteiger partial charge in [0.25, 0.3) is 5.91 Å². The fraction of sp³-hybridized carbons (Fsp3) is 0.275. The lowest BCUT2D eigenvalue weighted by molar-refractivity contribution is -0.192. The summed E-state index contributed by atoms with van der Waals surface area (Å²) in [6.45, 7) is 4.42. The zero-order valence-corrected chi connectivity index (χ0v) is 31.0. The molecule has 292 valence electrons. The van der Waals surface area contributed by atoms with Gasteiger partial charge in [-0.1, -0.05) is 54.6 Å². The minimum atomic E-state index is -5.08. The van der Waals surface area contributed by atoms with Crippen LogP contribution in [0.25, 0.3) is 17.2 Å². The van der Waals surface area contributed by atoms with Crippen LogP contribution in [0.2, 0.25) is 0 Å². The Kier molecular flexibility index (Phi) is 15.1. The summed E-state index contributed by atoms with van der Waals surface area (Å²) in [4.78, 5) is 39.6. The Morgan fingerprint density at radius 2 is 1.53 bits per heavy atom. The molecule has 1 aliphatic heterocycles. The third-order valence-corrected chi connectivity index (χ3v) is 9.61. The summed E-state index contributed by atoms with van der Waals surface area (Å²) < 4.78 is 60.3. The van der Waals surface area contributed by atoms with Crippen molar-refractivity contribution in [2.24, 2.45) is 5.14 Å². The van der Waals surface area contributed by atoms with E-state index in [9.17, 15) is 31.2 Å². The van der Waals surface area contributed by atoms with Gasteiger partial charge in [-0.2, -0.15) is 13.2 Å². The van der Waals surface area contributed by atoms with Gasteiger partial charge in [-0.15, -0.1) is 0 Å². The molecule has 0 aromatic heterocycles. The molecule has 1 saturated heterocycles. The van der Waals surface area contributed by atoms with Gasteiger partial charge in [-0.25, -0.2) is 18.4 Å². The van der Waals surface area contributed by atoms with Crippen molar-refractivity contribution in [2.45, 2.75) is 36.9 Å². The highest BCUT2D eigenvalue weighted by Crippen LogP contribution is 2.23. The fourth-order valence-electron chi connectivity index (χ4n) is 5.71. The summed E-state index contributed by atoms with van der Waals surface area (Å²) in [7, 11) is -2.19. The van der Waals surface area contributed by atoms with Crippen LogP contribution in [-0.4, -0.2) is 87.1 Å². The molecule has 15 heteroatoms. The first-order chi connectivity index (χ1) is 26.1. The van der Waals surface area contributed by atoms with Crippen LogP contribution in [0.3, 0.4) is 0 Å². The maximum absolute atomic E-state index is 13.6. The molecular weight excluding hydrogens is 738 g/mol. The van der Waals surface area contributed by atoms with Crippen molar-refractivity contribution in [1.29, 1.82) is 0 Å². The molecule has 1 fully saturated rings. The van der Waals surface area contributed by atoms with Crippen molar-refractivity contribution >= 4 is 33.9 Å². The number of ether oxygens (including phenoxy) is 1. The van der Waals surface area contributed by atoms with Crippen LogP contribution in [0.5, 0.6) is 5.75 Å². The van der Waals surface area contributed by atoms with Crippen molar-refractivity contribution in [3.63, 3.8) is 0 Å². The SMILES string of the molecule is COc1ccc(C=CC(=O)N(CCc2ccc(S(N)(=O)=O)cc2)Cc2cccc(-c3cccc(C(=O)NCCN4CCCC4)c3)c2)cc1.O=C(O)C(F)(F)F. The van der Waals surface area contributed by atoms with Crippen LogP contribution < -0.4 is 15.2 Å². The van der Waals surface area contributed by atoms with E-state index < -0.39 is 22.2 Å². The maximum Gasteiger partial charge on any atom is 0.490 e. The molecule has 1 aliphatic rings. The number of likely N-dealkylation sites (tertiary alicyclic amines) is 1. The van der Waals surface area contributed by atoms with Crippen LogP contribution in [0.15, 0.2) is 108 Å². The number of halogens is 3. The number of rotatable bonds is 14. The number of nitrogens with two attached hydrogens (primary N) is 1. The highest BCUT2D eigenvalue weighted by molar-refractivity contribution is 7.89. The van der Waals surface area contributed by atoms with Gasteiger partial charge in [0.1, 0.15) is 5.75 Å². The number of primary sulfonamides is 1. The normalized spacial score (nSPS) is 13.2. The number of alkyl halides is 3. The molecule has 0 saturated carbocycles. The van der Waals surface area contributed by atoms with E-state index >= 15 is 0 Å². The number of nitrogens with zero attached hydrogens (tertiary/aromatic N) is 2. The predicted molar refractivity (Wildman–Crippen MR) is 203 cm³/mol. The number of nitrogens with one attached hydrogen (secondary N) is 1. The molecule has 4 N–H and O–H groups in total. The standard InChI is InChI=1S/C38H42N4O5S.C2HF3O2/c1-47-35-15-10-29(11-16-35)14-19-37(43)42(24-20-30-12-17-36(18-13-30)48(39,45)46)28-31-6-4-7-32(26-31)33-8-5-9-34(27-33)38(44)40-21-25-41-22-2-3-23-41;3-2(4,5)1(6)7/h4-19,26-27H,2-3,20-25,28H2,1H3,(H,40,44)(H2,39,45,46);(H,6,7). The average Bonchev–Trinajstić information content (AvgIpc) is 3.69. The van der Waals surface area contributed by atoms with Crippen LogP contribution in [0.4, 0.5) is 13.2 Å². The number of benzene rings is 4. The van der Waals surface area contributed by atoms with E-state index in [2.05, 4.69) is 10.2 Å². The average molecular weight is 781 g/mol. The first kappa shape index (κ1) is 42.2. The maximum atomic E-state index is 13.6. The van der Waals surface area contributed by atoms with Gasteiger partial charge in [0.2, 0.25) is 15.9 Å². The number of hydrogen-bond acceptors (Lipinski definition) is 7. The van der Waals surface area contributed by atoms with E-state index in [1.165, 1.54) is 25.0 Å². The Hall–Kier alpha value is -5.51. The zero-order chi connectivity index (χ0) is 40.0. The Morgan fingerprint density at radius 1 is 0.909 bits per heavy atom. The van der Waals surface area contributed by atoms with Gasteiger partial charge < -0.3 is 25.0 Å². The molecule has 55 heavy (non-hydrogen) atoms. The number of carbonyl (C=O) groups is 3. The van der Waals surface area contributed by atoms with Crippen LogP contribution >= 0.6 is 0 Å². The third-order valence-electron chi connectivity index (χ3n) is 8.68. The molecule has 11 nitrogen and oxygen atoms in total. The summed E-state index contributed by atoms with van der Waals surface area (Å²) in [6.07, 6.45) is 1.20. The number of hydrogen-bond donors (Lipinski definition) is 3. The lowest BCUT2D eigenvalue weighted by Crippen LogP contribution is -2.33. The summed E-state index contributed by atoms with van der Waals surface area (Å²) >= 11 is 0. The lowest BCUT2D eigenvalue weighted by atomic mass is 10.0. The molecule has 4 aromatic carbocycles. The molecule has 0 atom stereocenters. The van der Waals surface area contributed by atoms with Gasteiger partial charge in [-0.3, -0.25) is 9.59 Å². The van der Waals surface area contributed by atoms with E-state index in [1.807, 2.05) is 72.8 Å². The Bertz CT molecular complexity index is 2050. The summed E-state index contributed by atoms with van der Waals surface area (Å²) in [5.74, 6) is -2.28. The number of amides is 2. The first-order valence-corrected chi connectivity index (χ1v) is 18.9. The number of carboxylic acids is 1. The van der Waals surface area contributed by atoms with Crippen molar-refractivity contribution in [2.75, 3.05) is 39.8 Å². The van der Waals surface area contributed by atoms with E-state index in [0.29, 0.717) is 31.6 Å². The van der Waals surface area contributed by atoms with Gasteiger partial charge in [0, 0.05) is 37.8 Å². The minimum Gasteiger partial charge on any atom is -0.497 e. The van der Waals surface area contributed by atoms with Gasteiger partial charge >= 0.3 is 12.1 Å². The number of aliphatic carboxylic acids is 1. The highest BCUT2D eigenvalue weighted by atomic mass is 32.2. The summed E-state index contributed by atoms with van der Waals surface area (Å²) in [5, 5.41) is 15.4. The molecule has 2 amide bonds. The lowest BCUT2D eigenvalue weighted by Gasteiger charge is -2.22. The largest absolute Gasteiger partial charge is 0.497 e. The molecule has 5 rings (SSSR count). The molecule has 4 aromatic rings. The Balaban J connectivity index is 0.000000876. The van der Waals surface area contributed by atoms with Crippen molar-refractivity contribution in [3.05, 3.63) is 125 Å². The Labute approximate surface area is 318 Å². The van der Waals surface area contributed by atoms with Crippen LogP contribution in [0.1, 0.15) is 39.9 Å². The van der Waals surface area contributed by atoms with Crippen molar-refractivity contribution in [1.82, 2.24) is 15.1 Å². The summed E-state index contributed by atoms with van der Waals surface area (Å²) in [6, 6.07) is 29.4. The monoisotopic (exact) mass is 780 g/mol. The van der Waals surface area contributed by atoms with Gasteiger partial charge in [-0.05, 0) is 109 Å². The third kappa shape index (κ3) is 13.7. The van der Waals surface area contributed by atoms with E-state index in [4.69, 9.17) is 19.8 Å². The van der Waals surface area contributed by atoms with E-state index in [-0.39, 0.29) is 16.7 Å². The quantitative estimate of drug-likeness (QED) is 0.137. The topological polar surface area (TPSA) is 159 Å². The molecular formula is C40H43F3N4O7S. The Morgan fingerprint density at radius 3 is 2.13 bits per heavy atom. The van der Waals surface area contributed by atoms with Crippen molar-refractivity contribution in [3.8, 4) is 16.9 Å². The second kappa shape index (κ2) is 19.7. The number of sulfonamides is 1. The molecule has 0 bridgehead atoms. The second-order valence-corrected chi connectivity index (χ2v) is 14.3. The molecule has 0 unspecified atom stereocenters. The predicted octanol–water partition coefficient (Wildman–Crippen LogP) is 5.75. The first-order valence-electron chi connectivity index (χ1n) is 17.4.